The third-order valence-electron chi connectivity index (χ3n) is 6.57. The van der Waals surface area contributed by atoms with Gasteiger partial charge in [0, 0.05) is 31.3 Å². The fraction of sp³-hybridized carbons (Fsp3) is 0.414. The van der Waals surface area contributed by atoms with Crippen molar-refractivity contribution >= 4 is 39.1 Å². The number of nitrogens with zero attached hydrogens (tertiary/aromatic N) is 3. The maximum absolute atomic E-state index is 12.4. The summed E-state index contributed by atoms with van der Waals surface area (Å²) in [5.41, 5.74) is 2.15. The minimum atomic E-state index is -0.226. The molecule has 202 valence electrons. The van der Waals surface area contributed by atoms with E-state index in [9.17, 15) is 9.59 Å². The van der Waals surface area contributed by atoms with Crippen LogP contribution >= 0.6 is 11.3 Å². The fourth-order valence-corrected chi connectivity index (χ4v) is 5.10. The third kappa shape index (κ3) is 7.95. The average Bonchev–Trinajstić information content (AvgIpc) is 3.42. The second-order valence-electron chi connectivity index (χ2n) is 9.38. The van der Waals surface area contributed by atoms with Crippen LogP contribution in [-0.2, 0) is 32.2 Å². The van der Waals surface area contributed by atoms with E-state index in [-0.39, 0.29) is 25.0 Å². The maximum atomic E-state index is 12.4. The van der Waals surface area contributed by atoms with Gasteiger partial charge < -0.3 is 24.1 Å². The number of methoxy groups -OCH3 is 1. The highest BCUT2D eigenvalue weighted by Gasteiger charge is 2.20. The molecule has 8 nitrogen and oxygen atoms in total. The molecular weight excluding hydrogens is 502 g/mol. The van der Waals surface area contributed by atoms with Crippen LogP contribution in [0.5, 0.6) is 5.75 Å². The lowest BCUT2D eigenvalue weighted by atomic mass is 10.1. The van der Waals surface area contributed by atoms with Crippen LogP contribution in [0.15, 0.2) is 59.1 Å². The van der Waals surface area contributed by atoms with E-state index < -0.39 is 0 Å². The van der Waals surface area contributed by atoms with E-state index in [4.69, 9.17) is 14.3 Å². The zero-order valence-electron chi connectivity index (χ0n) is 22.1. The Balaban J connectivity index is 1.17. The van der Waals surface area contributed by atoms with Gasteiger partial charge in [-0.3, -0.25) is 9.59 Å². The molecule has 1 saturated heterocycles. The van der Waals surface area contributed by atoms with Gasteiger partial charge in [0.05, 0.1) is 13.7 Å². The zero-order valence-corrected chi connectivity index (χ0v) is 22.9. The largest absolute Gasteiger partial charge is 0.484 e. The Bertz CT molecular complexity index is 1230. The summed E-state index contributed by atoms with van der Waals surface area (Å²) in [6.07, 6.45) is 4.54. The average molecular weight is 538 g/mol. The Labute approximate surface area is 227 Å². The third-order valence-corrected chi connectivity index (χ3v) is 7.45. The van der Waals surface area contributed by atoms with Gasteiger partial charge in [-0.15, -0.1) is 11.3 Å². The summed E-state index contributed by atoms with van der Waals surface area (Å²) in [6.45, 7) is 1.91. The lowest BCUT2D eigenvalue weighted by Gasteiger charge is -2.28. The number of piperidine rings is 1. The quantitative estimate of drug-likeness (QED) is 0.198. The normalized spacial score (nSPS) is 13.8. The monoisotopic (exact) mass is 537 g/mol. The first-order valence-electron chi connectivity index (χ1n) is 12.9. The second kappa shape index (κ2) is 13.8. The Morgan fingerprint density at radius 2 is 1.79 bits per heavy atom. The van der Waals surface area contributed by atoms with Crippen LogP contribution in [0, 0.1) is 0 Å². The van der Waals surface area contributed by atoms with Gasteiger partial charge >= 0.3 is 0 Å². The molecule has 2 aromatic carbocycles. The van der Waals surface area contributed by atoms with Gasteiger partial charge in [0.25, 0.3) is 5.91 Å². The van der Waals surface area contributed by atoms with Crippen molar-refractivity contribution in [3.8, 4) is 5.75 Å². The molecule has 0 radical (unpaired) electrons. The Morgan fingerprint density at radius 3 is 2.55 bits per heavy atom. The SMILES string of the molecule is COC(CCc1ccc(OCC(=O)N(C)CC(=O)N2CCCCC2)cc1)=NOCc1ccc2ccsc2c1. The number of carbonyl (C=O) groups excluding carboxylic acids is 2. The Morgan fingerprint density at radius 1 is 1.03 bits per heavy atom. The molecule has 0 saturated carbocycles. The highest BCUT2D eigenvalue weighted by molar-refractivity contribution is 7.17. The minimum absolute atomic E-state index is 0.00542. The molecule has 1 aliphatic rings. The number of likely N-dealkylation sites (N-methyl/N-ethyl adjacent to an activating group) is 1. The van der Waals surface area contributed by atoms with Crippen LogP contribution in [0.1, 0.15) is 36.8 Å². The maximum Gasteiger partial charge on any atom is 0.260 e. The number of likely N-dealkylation sites (tertiary alicyclic amines) is 1. The summed E-state index contributed by atoms with van der Waals surface area (Å²) in [7, 11) is 3.22. The number of thiophene rings is 1. The Hall–Kier alpha value is -3.59. The van der Waals surface area contributed by atoms with Gasteiger partial charge in [0.2, 0.25) is 11.8 Å². The van der Waals surface area contributed by atoms with E-state index in [1.807, 2.05) is 35.2 Å². The number of amides is 2. The lowest BCUT2D eigenvalue weighted by Crippen LogP contribution is -2.44. The second-order valence-corrected chi connectivity index (χ2v) is 10.3. The van der Waals surface area contributed by atoms with Crippen molar-refractivity contribution < 1.29 is 23.9 Å². The summed E-state index contributed by atoms with van der Waals surface area (Å²) < 4.78 is 12.3. The molecule has 38 heavy (non-hydrogen) atoms. The van der Waals surface area contributed by atoms with E-state index in [1.165, 1.54) is 15.0 Å². The number of oxime groups is 1. The minimum Gasteiger partial charge on any atom is -0.484 e. The van der Waals surface area contributed by atoms with Crippen molar-refractivity contribution in [3.05, 3.63) is 65.0 Å². The fourth-order valence-electron chi connectivity index (χ4n) is 4.25. The number of benzene rings is 2. The van der Waals surface area contributed by atoms with Gasteiger partial charge in [-0.1, -0.05) is 29.4 Å². The highest BCUT2D eigenvalue weighted by atomic mass is 32.1. The number of carbonyl (C=O) groups is 2. The lowest BCUT2D eigenvalue weighted by molar-refractivity contribution is -0.140. The molecule has 0 aliphatic carbocycles. The molecule has 3 aromatic rings. The molecule has 0 atom stereocenters. The molecule has 1 aromatic heterocycles. The molecule has 9 heteroatoms. The van der Waals surface area contributed by atoms with E-state index in [0.717, 1.165) is 49.9 Å². The number of hydrogen-bond donors (Lipinski definition) is 0. The van der Waals surface area contributed by atoms with E-state index in [2.05, 4.69) is 28.7 Å². The topological polar surface area (TPSA) is 80.7 Å². The molecule has 4 rings (SSSR count). The first kappa shape index (κ1) is 27.4. The summed E-state index contributed by atoms with van der Waals surface area (Å²) in [5.74, 6) is 0.893. The molecule has 0 unspecified atom stereocenters. The molecule has 1 fully saturated rings. The van der Waals surface area contributed by atoms with E-state index in [1.54, 1.807) is 25.5 Å². The van der Waals surface area contributed by atoms with Gasteiger partial charge in [-0.05, 0) is 71.8 Å². The number of aryl methyl sites for hydroxylation is 1. The highest BCUT2D eigenvalue weighted by Crippen LogP contribution is 2.22. The number of rotatable bonds is 11. The molecule has 1 aliphatic heterocycles. The van der Waals surface area contributed by atoms with Crippen molar-refractivity contribution in [2.24, 2.45) is 5.16 Å². The van der Waals surface area contributed by atoms with Crippen molar-refractivity contribution in [1.29, 1.82) is 0 Å². The molecule has 0 bridgehead atoms. The van der Waals surface area contributed by atoms with Gasteiger partial charge in [0.15, 0.2) is 6.61 Å². The van der Waals surface area contributed by atoms with Crippen LogP contribution in [0.4, 0.5) is 0 Å². The van der Waals surface area contributed by atoms with Gasteiger partial charge in [0.1, 0.15) is 12.4 Å². The van der Waals surface area contributed by atoms with Gasteiger partial charge in [-0.25, -0.2) is 0 Å². The Kier molecular flexibility index (Phi) is 9.97. The molecular formula is C29H35N3O5S. The summed E-state index contributed by atoms with van der Waals surface area (Å²) >= 11 is 1.71. The van der Waals surface area contributed by atoms with Gasteiger partial charge in [-0.2, -0.15) is 0 Å². The molecule has 2 amide bonds. The van der Waals surface area contributed by atoms with Crippen molar-refractivity contribution in [1.82, 2.24) is 9.80 Å². The number of ether oxygens (including phenoxy) is 2. The first-order chi connectivity index (χ1) is 18.5. The van der Waals surface area contributed by atoms with Crippen LogP contribution in [0.2, 0.25) is 0 Å². The zero-order chi connectivity index (χ0) is 26.7. The van der Waals surface area contributed by atoms with E-state index >= 15 is 0 Å². The molecule has 2 heterocycles. The molecule has 0 spiro atoms. The smallest absolute Gasteiger partial charge is 0.260 e. The van der Waals surface area contributed by atoms with E-state index in [0.29, 0.717) is 24.7 Å². The molecule has 0 N–H and O–H groups in total. The van der Waals surface area contributed by atoms with Crippen LogP contribution < -0.4 is 4.74 Å². The van der Waals surface area contributed by atoms with Crippen molar-refractivity contribution in [3.63, 3.8) is 0 Å². The summed E-state index contributed by atoms with van der Waals surface area (Å²) in [4.78, 5) is 33.6. The predicted molar refractivity (Wildman–Crippen MR) is 149 cm³/mol. The summed E-state index contributed by atoms with van der Waals surface area (Å²) in [6, 6.07) is 15.9. The first-order valence-corrected chi connectivity index (χ1v) is 13.8. The van der Waals surface area contributed by atoms with Crippen molar-refractivity contribution in [2.45, 2.75) is 38.7 Å². The van der Waals surface area contributed by atoms with Crippen molar-refractivity contribution in [2.75, 3.05) is 40.4 Å². The van der Waals surface area contributed by atoms with Crippen LogP contribution in [-0.4, -0.2) is 67.9 Å². The summed E-state index contributed by atoms with van der Waals surface area (Å²) in [5, 5.41) is 7.47. The number of hydrogen-bond acceptors (Lipinski definition) is 7. The van der Waals surface area contributed by atoms with Crippen LogP contribution in [0.3, 0.4) is 0 Å². The predicted octanol–water partition coefficient (Wildman–Crippen LogP) is 4.86. The number of fused-ring (bicyclic) bond motifs is 1. The van der Waals surface area contributed by atoms with Crippen LogP contribution in [0.25, 0.3) is 10.1 Å². The standard InChI is InChI=1S/C29H35N3O5S/c1-31(19-28(33)32-15-4-3-5-16-32)29(34)21-36-25-11-7-22(8-12-25)9-13-27(35-2)30-37-20-23-6-10-24-14-17-38-26(24)18-23/h6-8,10-12,14,17-18H,3-5,9,13,15-16,19-21H2,1-2H3.